The number of hydrogen-bond acceptors (Lipinski definition) is 12. The Labute approximate surface area is 297 Å². The SMILES string of the molecule is N#CC(c1ccnc(N2CCCC2)n1)c1nc2ccccc2s1.N#CC(c1ccnc(NCCc2ccccc2)n1)c1nc2ccccc2s1. The highest BCUT2D eigenvalue weighted by atomic mass is 32.1. The second kappa shape index (κ2) is 15.6. The van der Waals surface area contributed by atoms with Gasteiger partial charge in [-0.15, -0.1) is 22.7 Å². The number of nitrogens with zero attached hydrogens (tertiary/aromatic N) is 9. The van der Waals surface area contributed by atoms with Crippen LogP contribution in [-0.4, -0.2) is 49.5 Å². The topological polar surface area (TPSA) is 140 Å². The van der Waals surface area contributed by atoms with Crippen LogP contribution in [0.5, 0.6) is 0 Å². The maximum Gasteiger partial charge on any atom is 0.225 e. The van der Waals surface area contributed by atoms with E-state index < -0.39 is 11.8 Å². The van der Waals surface area contributed by atoms with Gasteiger partial charge in [-0.1, -0.05) is 54.6 Å². The average molecular weight is 693 g/mol. The van der Waals surface area contributed by atoms with Crippen LogP contribution in [0, 0.1) is 22.7 Å². The summed E-state index contributed by atoms with van der Waals surface area (Å²) in [7, 11) is 0. The Balaban J connectivity index is 0.000000159. The van der Waals surface area contributed by atoms with Crippen molar-refractivity contribution in [2.24, 2.45) is 0 Å². The lowest BCUT2D eigenvalue weighted by atomic mass is 10.1. The third kappa shape index (κ3) is 7.57. The third-order valence-electron chi connectivity index (χ3n) is 8.23. The smallest absolute Gasteiger partial charge is 0.225 e. The number of nitriles is 2. The number of nitrogens with one attached hydrogen (secondary N) is 1. The molecule has 1 aliphatic rings. The van der Waals surface area contributed by atoms with Gasteiger partial charge in [0.25, 0.3) is 0 Å². The third-order valence-corrected chi connectivity index (χ3v) is 10.4. The van der Waals surface area contributed by atoms with Crippen molar-refractivity contribution in [3.63, 3.8) is 0 Å². The van der Waals surface area contributed by atoms with Crippen LogP contribution in [0.15, 0.2) is 103 Å². The van der Waals surface area contributed by atoms with Gasteiger partial charge in [0, 0.05) is 32.0 Å². The fraction of sp³-hybridized carbons (Fsp3) is 0.211. The minimum absolute atomic E-state index is 0.447. The molecule has 7 aromatic rings. The van der Waals surface area contributed by atoms with Crippen molar-refractivity contribution < 1.29 is 0 Å². The summed E-state index contributed by atoms with van der Waals surface area (Å²) in [5.41, 5.74) is 4.48. The number of anilines is 2. The van der Waals surface area contributed by atoms with Crippen LogP contribution in [0.25, 0.3) is 20.4 Å². The lowest BCUT2D eigenvalue weighted by Gasteiger charge is -2.16. The average Bonchev–Trinajstić information content (AvgIpc) is 3.94. The van der Waals surface area contributed by atoms with Gasteiger partial charge >= 0.3 is 0 Å². The second-order valence-electron chi connectivity index (χ2n) is 11.6. The van der Waals surface area contributed by atoms with Crippen molar-refractivity contribution in [2.45, 2.75) is 31.1 Å². The number of thiazole rings is 2. The van der Waals surface area contributed by atoms with Crippen molar-refractivity contribution in [1.29, 1.82) is 10.5 Å². The first-order valence-electron chi connectivity index (χ1n) is 16.4. The first-order chi connectivity index (χ1) is 24.7. The first-order valence-corrected chi connectivity index (χ1v) is 18.0. The molecule has 0 spiro atoms. The summed E-state index contributed by atoms with van der Waals surface area (Å²) >= 11 is 3.09. The van der Waals surface area contributed by atoms with E-state index in [9.17, 15) is 10.5 Å². The Morgan fingerprint density at radius 3 is 1.82 bits per heavy atom. The van der Waals surface area contributed by atoms with Crippen molar-refractivity contribution in [2.75, 3.05) is 29.9 Å². The fourth-order valence-corrected chi connectivity index (χ4v) is 7.75. The Bertz CT molecular complexity index is 2220. The van der Waals surface area contributed by atoms with E-state index in [1.165, 1.54) is 29.7 Å². The van der Waals surface area contributed by atoms with Crippen molar-refractivity contribution in [1.82, 2.24) is 29.9 Å². The zero-order valence-corrected chi connectivity index (χ0v) is 28.7. The van der Waals surface area contributed by atoms with Gasteiger partial charge < -0.3 is 10.2 Å². The molecule has 0 bridgehead atoms. The minimum atomic E-state index is -0.500. The number of aromatic nitrogens is 6. The molecule has 8 rings (SSSR count). The zero-order valence-electron chi connectivity index (χ0n) is 27.1. The molecule has 2 atom stereocenters. The van der Waals surface area contributed by atoms with Gasteiger partial charge in [0.05, 0.1) is 44.0 Å². The van der Waals surface area contributed by atoms with E-state index in [2.05, 4.69) is 64.4 Å². The number of rotatable bonds is 9. The minimum Gasteiger partial charge on any atom is -0.354 e. The van der Waals surface area contributed by atoms with E-state index in [0.29, 0.717) is 11.6 Å². The first kappa shape index (κ1) is 32.7. The van der Waals surface area contributed by atoms with Crippen LogP contribution >= 0.6 is 22.7 Å². The van der Waals surface area contributed by atoms with Gasteiger partial charge in [-0.3, -0.25) is 0 Å². The normalized spacial score (nSPS) is 13.6. The van der Waals surface area contributed by atoms with Crippen LogP contribution in [0.4, 0.5) is 11.9 Å². The van der Waals surface area contributed by atoms with Crippen molar-refractivity contribution in [3.05, 3.63) is 130 Å². The van der Waals surface area contributed by atoms with Gasteiger partial charge in [0.15, 0.2) is 0 Å². The Morgan fingerprint density at radius 1 is 0.660 bits per heavy atom. The molecule has 0 amide bonds. The molecule has 1 N–H and O–H groups in total. The maximum atomic E-state index is 9.71. The quantitative estimate of drug-likeness (QED) is 0.160. The van der Waals surface area contributed by atoms with E-state index in [1.54, 1.807) is 29.8 Å². The second-order valence-corrected chi connectivity index (χ2v) is 13.7. The highest BCUT2D eigenvalue weighted by molar-refractivity contribution is 7.19. The predicted molar refractivity (Wildman–Crippen MR) is 198 cm³/mol. The van der Waals surface area contributed by atoms with Crippen molar-refractivity contribution in [3.8, 4) is 12.1 Å². The number of fused-ring (bicyclic) bond motifs is 2. The molecule has 5 heterocycles. The van der Waals surface area contributed by atoms with Gasteiger partial charge in [0.1, 0.15) is 21.9 Å². The molecule has 1 aliphatic heterocycles. The summed E-state index contributed by atoms with van der Waals surface area (Å²) in [6, 6.07) is 34.4. The van der Waals surface area contributed by atoms with Gasteiger partial charge in [-0.05, 0) is 61.2 Å². The maximum absolute atomic E-state index is 9.71. The van der Waals surface area contributed by atoms with E-state index in [0.717, 1.165) is 68.1 Å². The predicted octanol–water partition coefficient (Wildman–Crippen LogP) is 7.74. The monoisotopic (exact) mass is 692 g/mol. The van der Waals surface area contributed by atoms with Crippen LogP contribution in [-0.2, 0) is 6.42 Å². The standard InChI is InChI=1S/C21H17N5S.C17H15N5S/c22-14-16(20-25-18-8-4-5-9-19(18)27-20)17-11-13-24-21(26-17)23-12-10-15-6-2-1-3-7-15;18-11-12(16-20-14-5-1-2-6-15(14)23-16)13-7-8-19-17(21-13)22-9-3-4-10-22/h1-9,11,13,16H,10,12H2,(H,23,24,26);1-2,5-8,12H,3-4,9-10H2. The molecule has 246 valence electrons. The summed E-state index contributed by atoms with van der Waals surface area (Å²) in [5, 5.41) is 24.2. The zero-order chi connectivity index (χ0) is 34.1. The van der Waals surface area contributed by atoms with E-state index in [4.69, 9.17) is 0 Å². The van der Waals surface area contributed by atoms with Gasteiger partial charge in [-0.2, -0.15) is 10.5 Å². The molecule has 50 heavy (non-hydrogen) atoms. The molecule has 10 nitrogen and oxygen atoms in total. The van der Waals surface area contributed by atoms with E-state index in [1.807, 2.05) is 72.8 Å². The van der Waals surface area contributed by atoms with Crippen LogP contribution < -0.4 is 10.2 Å². The van der Waals surface area contributed by atoms with Crippen LogP contribution in [0.1, 0.15) is 51.6 Å². The molecule has 3 aromatic carbocycles. The number of hydrogen-bond donors (Lipinski definition) is 1. The molecule has 2 unspecified atom stereocenters. The molecule has 1 saturated heterocycles. The fourth-order valence-electron chi connectivity index (χ4n) is 5.70. The summed E-state index contributed by atoms with van der Waals surface area (Å²) in [6.45, 7) is 2.70. The summed E-state index contributed by atoms with van der Waals surface area (Å²) in [5.74, 6) is 0.308. The molecule has 0 aliphatic carbocycles. The Hall–Kier alpha value is -5.82. The molecule has 12 heteroatoms. The number of benzene rings is 3. The molecular weight excluding hydrogens is 661 g/mol. The largest absolute Gasteiger partial charge is 0.354 e. The van der Waals surface area contributed by atoms with Crippen LogP contribution in [0.2, 0.25) is 0 Å². The number of para-hydroxylation sites is 2. The molecule has 0 saturated carbocycles. The molecule has 0 radical (unpaired) electrons. The molecular formula is C38H32N10S2. The summed E-state index contributed by atoms with van der Waals surface area (Å²) in [4.78, 5) is 29.2. The van der Waals surface area contributed by atoms with Gasteiger partial charge in [-0.25, -0.2) is 29.9 Å². The lowest BCUT2D eigenvalue weighted by molar-refractivity contribution is 0.860. The Kier molecular flexibility index (Phi) is 10.2. The van der Waals surface area contributed by atoms with E-state index in [-0.39, 0.29) is 0 Å². The van der Waals surface area contributed by atoms with E-state index >= 15 is 0 Å². The summed E-state index contributed by atoms with van der Waals surface area (Å²) < 4.78 is 2.17. The highest BCUT2D eigenvalue weighted by Gasteiger charge is 2.23. The van der Waals surface area contributed by atoms with Gasteiger partial charge in [0.2, 0.25) is 11.9 Å². The van der Waals surface area contributed by atoms with Crippen molar-refractivity contribution >= 4 is 55.0 Å². The molecule has 4 aromatic heterocycles. The highest BCUT2D eigenvalue weighted by Crippen LogP contribution is 2.32. The lowest BCUT2D eigenvalue weighted by Crippen LogP contribution is -2.21. The van der Waals surface area contributed by atoms with Crippen LogP contribution in [0.3, 0.4) is 0 Å². The molecule has 1 fully saturated rings. The summed E-state index contributed by atoms with van der Waals surface area (Å²) in [6.07, 6.45) is 6.66. The Morgan fingerprint density at radius 2 is 1.22 bits per heavy atom.